The zero-order chi connectivity index (χ0) is 20.7. The van der Waals surface area contributed by atoms with Gasteiger partial charge >= 0.3 is 0 Å². The van der Waals surface area contributed by atoms with Gasteiger partial charge in [0.05, 0.1) is 0 Å². The lowest BCUT2D eigenvalue weighted by Gasteiger charge is -2.32. The molecule has 0 amide bonds. The Balaban J connectivity index is 1.59. The highest BCUT2D eigenvalue weighted by Gasteiger charge is 2.31. The number of benzene rings is 4. The smallest absolute Gasteiger partial charge is 0.115 e. The van der Waals surface area contributed by atoms with E-state index in [1.165, 1.54) is 35.1 Å². The maximum absolute atomic E-state index is 9.78. The minimum absolute atomic E-state index is 0.253. The molecule has 4 aromatic rings. The quantitative estimate of drug-likeness (QED) is 0.405. The normalized spacial score (nSPS) is 12.8. The molecule has 0 aliphatic heterocycles. The fraction of sp³-hybridized carbons (Fsp3) is 0.143. The minimum atomic E-state index is -0.416. The van der Waals surface area contributed by atoms with Gasteiger partial charge in [-0.1, -0.05) is 66.7 Å². The third kappa shape index (κ3) is 3.05. The highest BCUT2D eigenvalue weighted by atomic mass is 16.3. The Labute approximate surface area is 177 Å². The predicted molar refractivity (Wildman–Crippen MR) is 121 cm³/mol. The number of aromatic hydroxyl groups is 2. The Morgan fingerprint density at radius 3 is 1.40 bits per heavy atom. The minimum Gasteiger partial charge on any atom is -0.508 e. The van der Waals surface area contributed by atoms with Crippen LogP contribution in [0.3, 0.4) is 0 Å². The van der Waals surface area contributed by atoms with Gasteiger partial charge in [0, 0.05) is 5.41 Å². The van der Waals surface area contributed by atoms with Gasteiger partial charge < -0.3 is 10.2 Å². The van der Waals surface area contributed by atoms with Gasteiger partial charge in [-0.2, -0.15) is 0 Å². The Bertz CT molecular complexity index is 1140. The van der Waals surface area contributed by atoms with E-state index in [1.54, 1.807) is 24.3 Å². The first-order chi connectivity index (χ1) is 14.5. The van der Waals surface area contributed by atoms with Crippen LogP contribution in [0.4, 0.5) is 0 Å². The molecule has 0 aromatic heterocycles. The standard InChI is InChI=1S/C28H24O2/c1-28(24-10-14-26(29)15-11-24,25-12-16-27(30)17-13-25)23-8-6-20(7-9-23)22-5-3-19-2-4-21(19)18-22/h3,5-18,29-30H,2,4H2,1H3. The Kier molecular flexibility index (Phi) is 4.36. The third-order valence-electron chi connectivity index (χ3n) is 6.55. The predicted octanol–water partition coefficient (Wildman–Crippen LogP) is 6.22. The van der Waals surface area contributed by atoms with Crippen molar-refractivity contribution in [1.82, 2.24) is 0 Å². The van der Waals surface area contributed by atoms with Gasteiger partial charge in [-0.25, -0.2) is 0 Å². The van der Waals surface area contributed by atoms with Crippen LogP contribution in [0.5, 0.6) is 11.5 Å². The highest BCUT2D eigenvalue weighted by Crippen LogP contribution is 2.40. The molecule has 0 saturated carbocycles. The zero-order valence-corrected chi connectivity index (χ0v) is 17.0. The first-order valence-electron chi connectivity index (χ1n) is 10.4. The second-order valence-electron chi connectivity index (χ2n) is 8.28. The molecule has 2 nitrogen and oxygen atoms in total. The van der Waals surface area contributed by atoms with Crippen molar-refractivity contribution in [3.05, 3.63) is 119 Å². The molecule has 2 heteroatoms. The maximum atomic E-state index is 9.78. The summed E-state index contributed by atoms with van der Waals surface area (Å²) in [6.45, 7) is 2.19. The number of aryl methyl sites for hydroxylation is 2. The molecule has 4 aromatic carbocycles. The van der Waals surface area contributed by atoms with Gasteiger partial charge in [-0.15, -0.1) is 0 Å². The van der Waals surface area contributed by atoms with Crippen LogP contribution in [0.15, 0.2) is 91.0 Å². The van der Waals surface area contributed by atoms with Crippen molar-refractivity contribution in [2.75, 3.05) is 0 Å². The molecule has 0 atom stereocenters. The monoisotopic (exact) mass is 392 g/mol. The fourth-order valence-electron chi connectivity index (χ4n) is 4.46. The van der Waals surface area contributed by atoms with Crippen molar-refractivity contribution in [1.29, 1.82) is 0 Å². The Hall–Kier alpha value is -3.52. The SMILES string of the molecule is CC(c1ccc(O)cc1)(c1ccc(O)cc1)c1ccc(-c2ccc3c(c2)CC3)cc1. The summed E-state index contributed by atoms with van der Waals surface area (Å²) in [7, 11) is 0. The van der Waals surface area contributed by atoms with Crippen molar-refractivity contribution in [2.24, 2.45) is 0 Å². The van der Waals surface area contributed by atoms with Crippen LogP contribution >= 0.6 is 0 Å². The van der Waals surface area contributed by atoms with Crippen molar-refractivity contribution < 1.29 is 10.2 Å². The third-order valence-corrected chi connectivity index (χ3v) is 6.55. The molecule has 1 aliphatic rings. The Morgan fingerprint density at radius 1 is 0.533 bits per heavy atom. The largest absolute Gasteiger partial charge is 0.508 e. The van der Waals surface area contributed by atoms with E-state index in [0.717, 1.165) is 16.7 Å². The molecular formula is C28H24O2. The fourth-order valence-corrected chi connectivity index (χ4v) is 4.46. The van der Waals surface area contributed by atoms with Crippen LogP contribution in [0.1, 0.15) is 34.7 Å². The second-order valence-corrected chi connectivity index (χ2v) is 8.28. The number of rotatable bonds is 4. The Morgan fingerprint density at radius 2 is 0.967 bits per heavy atom. The van der Waals surface area contributed by atoms with Crippen molar-refractivity contribution in [2.45, 2.75) is 25.2 Å². The van der Waals surface area contributed by atoms with Crippen LogP contribution in [0.25, 0.3) is 11.1 Å². The molecule has 0 spiro atoms. The van der Waals surface area contributed by atoms with Gasteiger partial charge in [0.15, 0.2) is 0 Å². The molecule has 0 bridgehead atoms. The maximum Gasteiger partial charge on any atom is 0.115 e. The number of hydrogen-bond donors (Lipinski definition) is 2. The van der Waals surface area contributed by atoms with Crippen molar-refractivity contribution in [3.63, 3.8) is 0 Å². The van der Waals surface area contributed by atoms with Crippen LogP contribution in [0, 0.1) is 0 Å². The number of fused-ring (bicyclic) bond motifs is 1. The summed E-state index contributed by atoms with van der Waals surface area (Å²) >= 11 is 0. The van der Waals surface area contributed by atoms with E-state index in [2.05, 4.69) is 49.4 Å². The summed E-state index contributed by atoms with van der Waals surface area (Å²) in [6, 6.07) is 30.3. The molecular weight excluding hydrogens is 368 g/mol. The average Bonchev–Trinajstić information content (AvgIpc) is 2.75. The van der Waals surface area contributed by atoms with E-state index in [4.69, 9.17) is 0 Å². The van der Waals surface area contributed by atoms with E-state index in [0.29, 0.717) is 0 Å². The summed E-state index contributed by atoms with van der Waals surface area (Å²) in [4.78, 5) is 0. The van der Waals surface area contributed by atoms with Crippen molar-refractivity contribution >= 4 is 0 Å². The van der Waals surface area contributed by atoms with Gasteiger partial charge in [0.25, 0.3) is 0 Å². The number of hydrogen-bond acceptors (Lipinski definition) is 2. The van der Waals surface area contributed by atoms with E-state index in [1.807, 2.05) is 24.3 Å². The summed E-state index contributed by atoms with van der Waals surface area (Å²) < 4.78 is 0. The summed E-state index contributed by atoms with van der Waals surface area (Å²) in [5, 5.41) is 19.6. The van der Waals surface area contributed by atoms with Crippen LogP contribution in [-0.2, 0) is 18.3 Å². The molecule has 2 N–H and O–H groups in total. The lowest BCUT2D eigenvalue weighted by molar-refractivity contribution is 0.474. The van der Waals surface area contributed by atoms with Gasteiger partial charge in [-0.05, 0) is 83.0 Å². The number of phenols is 2. The molecule has 0 saturated heterocycles. The molecule has 0 radical (unpaired) electrons. The van der Waals surface area contributed by atoms with E-state index >= 15 is 0 Å². The van der Waals surface area contributed by atoms with E-state index in [-0.39, 0.29) is 11.5 Å². The molecule has 30 heavy (non-hydrogen) atoms. The van der Waals surface area contributed by atoms with Gasteiger partial charge in [0.2, 0.25) is 0 Å². The summed E-state index contributed by atoms with van der Waals surface area (Å²) in [6.07, 6.45) is 2.38. The zero-order valence-electron chi connectivity index (χ0n) is 17.0. The lowest BCUT2D eigenvalue weighted by atomic mass is 9.71. The van der Waals surface area contributed by atoms with Crippen LogP contribution in [-0.4, -0.2) is 10.2 Å². The first kappa shape index (κ1) is 18.5. The second kappa shape index (κ2) is 7.07. The molecule has 5 rings (SSSR count). The van der Waals surface area contributed by atoms with Crippen LogP contribution < -0.4 is 0 Å². The molecule has 0 fully saturated rings. The topological polar surface area (TPSA) is 40.5 Å². The number of phenolic OH excluding ortho intramolecular Hbond substituents is 2. The highest BCUT2D eigenvalue weighted by molar-refractivity contribution is 5.67. The van der Waals surface area contributed by atoms with Crippen molar-refractivity contribution in [3.8, 4) is 22.6 Å². The van der Waals surface area contributed by atoms with E-state index < -0.39 is 5.41 Å². The first-order valence-corrected chi connectivity index (χ1v) is 10.4. The van der Waals surface area contributed by atoms with Gasteiger partial charge in [-0.3, -0.25) is 0 Å². The molecule has 0 unspecified atom stereocenters. The summed E-state index contributed by atoms with van der Waals surface area (Å²) in [5.74, 6) is 0.505. The molecule has 0 heterocycles. The van der Waals surface area contributed by atoms with E-state index in [9.17, 15) is 10.2 Å². The average molecular weight is 392 g/mol. The van der Waals surface area contributed by atoms with Crippen LogP contribution in [0.2, 0.25) is 0 Å². The molecule has 148 valence electrons. The lowest BCUT2D eigenvalue weighted by Crippen LogP contribution is -2.25. The summed E-state index contributed by atoms with van der Waals surface area (Å²) in [5.41, 5.74) is 8.33. The molecule has 1 aliphatic carbocycles. The van der Waals surface area contributed by atoms with Gasteiger partial charge in [0.1, 0.15) is 11.5 Å².